The Morgan fingerprint density at radius 3 is 2.59 bits per heavy atom. The van der Waals surface area contributed by atoms with Crippen molar-refractivity contribution in [3.8, 4) is 0 Å². The van der Waals surface area contributed by atoms with Gasteiger partial charge in [-0.2, -0.15) is 0 Å². The van der Waals surface area contributed by atoms with Crippen molar-refractivity contribution in [2.24, 2.45) is 11.1 Å². The molecule has 0 radical (unpaired) electrons. The van der Waals surface area contributed by atoms with Crippen LogP contribution in [-0.4, -0.2) is 43.3 Å². The van der Waals surface area contributed by atoms with E-state index in [9.17, 15) is 9.18 Å². The van der Waals surface area contributed by atoms with E-state index in [1.54, 1.807) is 11.0 Å². The Hall–Kier alpha value is -2.89. The van der Waals surface area contributed by atoms with Gasteiger partial charge in [-0.3, -0.25) is 4.79 Å². The monoisotopic (exact) mass is 395 g/mol. The first-order valence-corrected chi connectivity index (χ1v) is 10.0. The lowest BCUT2D eigenvalue weighted by atomic mass is 10.0. The van der Waals surface area contributed by atoms with Crippen molar-refractivity contribution in [2.75, 3.05) is 25.5 Å². The second kappa shape index (κ2) is 8.23. The molecule has 2 aromatic rings. The summed E-state index contributed by atoms with van der Waals surface area (Å²) in [5, 5.41) is 4.26. The highest BCUT2D eigenvalue weighted by atomic mass is 19.1. The van der Waals surface area contributed by atoms with E-state index >= 15 is 0 Å². The van der Waals surface area contributed by atoms with Gasteiger partial charge in [0, 0.05) is 38.7 Å². The zero-order valence-electron chi connectivity index (χ0n) is 16.8. The SMILES string of the molecule is CN(C)c1ccc(C2=NO[C@H](CN(Cc3cccc(F)c3)C(=O)C3CC3)C2)cc1. The average molecular weight is 395 g/mol. The topological polar surface area (TPSA) is 45.1 Å². The zero-order valence-corrected chi connectivity index (χ0v) is 16.8. The van der Waals surface area contributed by atoms with Crippen molar-refractivity contribution in [1.82, 2.24) is 4.90 Å². The van der Waals surface area contributed by atoms with Gasteiger partial charge in [-0.15, -0.1) is 0 Å². The maximum absolute atomic E-state index is 13.6. The van der Waals surface area contributed by atoms with Crippen LogP contribution in [0.1, 0.15) is 30.4 Å². The Bertz CT molecular complexity index is 907. The minimum absolute atomic E-state index is 0.101. The molecule has 0 aromatic heterocycles. The third-order valence-electron chi connectivity index (χ3n) is 5.37. The van der Waals surface area contributed by atoms with Crippen LogP contribution in [0.15, 0.2) is 53.7 Å². The van der Waals surface area contributed by atoms with E-state index in [2.05, 4.69) is 17.3 Å². The number of benzene rings is 2. The molecule has 2 aliphatic rings. The summed E-state index contributed by atoms with van der Waals surface area (Å²) >= 11 is 0. The molecule has 152 valence electrons. The molecular formula is C23H26FN3O2. The first kappa shape index (κ1) is 19.4. The van der Waals surface area contributed by atoms with E-state index in [0.717, 1.165) is 35.4 Å². The normalized spacial score (nSPS) is 18.2. The van der Waals surface area contributed by atoms with Crippen LogP contribution in [0.2, 0.25) is 0 Å². The van der Waals surface area contributed by atoms with Gasteiger partial charge in [-0.25, -0.2) is 4.39 Å². The van der Waals surface area contributed by atoms with Gasteiger partial charge in [0.05, 0.1) is 12.3 Å². The van der Waals surface area contributed by atoms with E-state index in [4.69, 9.17) is 4.84 Å². The second-order valence-corrected chi connectivity index (χ2v) is 8.03. The molecule has 5 nitrogen and oxygen atoms in total. The highest BCUT2D eigenvalue weighted by Crippen LogP contribution is 2.32. The van der Waals surface area contributed by atoms with Crippen molar-refractivity contribution in [3.05, 3.63) is 65.5 Å². The van der Waals surface area contributed by atoms with Crippen LogP contribution >= 0.6 is 0 Å². The quantitative estimate of drug-likeness (QED) is 0.716. The third kappa shape index (κ3) is 4.75. The molecule has 0 saturated heterocycles. The minimum Gasteiger partial charge on any atom is -0.390 e. The van der Waals surface area contributed by atoms with Crippen molar-refractivity contribution >= 4 is 17.3 Å². The highest BCUT2D eigenvalue weighted by Gasteiger charge is 2.35. The molecule has 4 rings (SSSR count). The van der Waals surface area contributed by atoms with Gasteiger partial charge in [0.2, 0.25) is 5.91 Å². The molecule has 29 heavy (non-hydrogen) atoms. The molecule has 1 aliphatic heterocycles. The van der Waals surface area contributed by atoms with Crippen LogP contribution in [0.3, 0.4) is 0 Å². The summed E-state index contributed by atoms with van der Waals surface area (Å²) in [4.78, 5) is 22.3. The van der Waals surface area contributed by atoms with Gasteiger partial charge in [-0.05, 0) is 48.2 Å². The summed E-state index contributed by atoms with van der Waals surface area (Å²) in [6, 6.07) is 14.6. The Balaban J connectivity index is 1.41. The fraction of sp³-hybridized carbons (Fsp3) is 0.391. The van der Waals surface area contributed by atoms with Gasteiger partial charge >= 0.3 is 0 Å². The molecule has 2 aromatic carbocycles. The summed E-state index contributed by atoms with van der Waals surface area (Å²) in [6.07, 6.45) is 2.34. The summed E-state index contributed by atoms with van der Waals surface area (Å²) in [7, 11) is 4.01. The molecule has 0 unspecified atom stereocenters. The number of anilines is 1. The Labute approximate surface area is 170 Å². The molecule has 0 N–H and O–H groups in total. The zero-order chi connectivity index (χ0) is 20.4. The van der Waals surface area contributed by atoms with E-state index in [1.165, 1.54) is 12.1 Å². The van der Waals surface area contributed by atoms with Crippen molar-refractivity contribution in [1.29, 1.82) is 0 Å². The minimum atomic E-state index is -0.287. The number of halogens is 1. The number of hydrogen-bond acceptors (Lipinski definition) is 4. The fourth-order valence-electron chi connectivity index (χ4n) is 3.57. The van der Waals surface area contributed by atoms with E-state index in [0.29, 0.717) is 19.5 Å². The molecular weight excluding hydrogens is 369 g/mol. The summed E-state index contributed by atoms with van der Waals surface area (Å²) in [5.74, 6) is -0.0594. The molecule has 1 fully saturated rings. The predicted molar refractivity (Wildman–Crippen MR) is 111 cm³/mol. The molecule has 1 atom stereocenters. The lowest BCUT2D eigenvalue weighted by Gasteiger charge is -2.25. The number of nitrogens with zero attached hydrogens (tertiary/aromatic N) is 3. The lowest BCUT2D eigenvalue weighted by molar-refractivity contribution is -0.135. The average Bonchev–Trinajstić information content (AvgIpc) is 3.46. The van der Waals surface area contributed by atoms with Gasteiger partial charge in [0.1, 0.15) is 5.82 Å². The molecule has 0 bridgehead atoms. The summed E-state index contributed by atoms with van der Waals surface area (Å²) in [5.41, 5.74) is 3.84. The highest BCUT2D eigenvalue weighted by molar-refractivity contribution is 6.01. The van der Waals surface area contributed by atoms with Gasteiger partial charge < -0.3 is 14.6 Å². The number of rotatable bonds is 7. The summed E-state index contributed by atoms with van der Waals surface area (Å²) < 4.78 is 13.6. The molecule has 1 heterocycles. The molecule has 1 aliphatic carbocycles. The molecule has 0 spiro atoms. The van der Waals surface area contributed by atoms with Crippen LogP contribution in [-0.2, 0) is 16.2 Å². The number of oxime groups is 1. The number of carbonyl (C=O) groups is 1. The molecule has 1 saturated carbocycles. The van der Waals surface area contributed by atoms with Crippen LogP contribution in [0.25, 0.3) is 0 Å². The lowest BCUT2D eigenvalue weighted by Crippen LogP contribution is -2.38. The van der Waals surface area contributed by atoms with Crippen LogP contribution in [0, 0.1) is 11.7 Å². The van der Waals surface area contributed by atoms with E-state index < -0.39 is 0 Å². The number of carbonyl (C=O) groups excluding carboxylic acids is 1. The maximum Gasteiger partial charge on any atom is 0.226 e. The first-order chi connectivity index (χ1) is 14.0. The second-order valence-electron chi connectivity index (χ2n) is 8.03. The van der Waals surface area contributed by atoms with Crippen LogP contribution < -0.4 is 4.90 Å². The van der Waals surface area contributed by atoms with E-state index in [1.807, 2.05) is 37.2 Å². The van der Waals surface area contributed by atoms with Gasteiger partial charge in [0.15, 0.2) is 6.10 Å². The largest absolute Gasteiger partial charge is 0.390 e. The van der Waals surface area contributed by atoms with Gasteiger partial charge in [-0.1, -0.05) is 29.4 Å². The number of hydrogen-bond donors (Lipinski definition) is 0. The molecule has 1 amide bonds. The van der Waals surface area contributed by atoms with Crippen molar-refractivity contribution in [2.45, 2.75) is 31.9 Å². The van der Waals surface area contributed by atoms with E-state index in [-0.39, 0.29) is 23.7 Å². The van der Waals surface area contributed by atoms with Crippen LogP contribution in [0.4, 0.5) is 10.1 Å². The number of amides is 1. The smallest absolute Gasteiger partial charge is 0.226 e. The molecule has 6 heteroatoms. The standard InChI is InChI=1S/C23H26FN3O2/c1-26(2)20-10-8-17(9-11-20)22-13-21(29-25-22)15-27(23(28)18-6-7-18)14-16-4-3-5-19(24)12-16/h3-5,8-12,18,21H,6-7,13-15H2,1-2H3/t21-/m0/s1. The van der Waals surface area contributed by atoms with Crippen molar-refractivity contribution < 1.29 is 14.0 Å². The third-order valence-corrected chi connectivity index (χ3v) is 5.37. The Morgan fingerprint density at radius 2 is 1.93 bits per heavy atom. The maximum atomic E-state index is 13.6. The van der Waals surface area contributed by atoms with Gasteiger partial charge in [0.25, 0.3) is 0 Å². The Morgan fingerprint density at radius 1 is 1.17 bits per heavy atom. The van der Waals surface area contributed by atoms with Crippen molar-refractivity contribution in [3.63, 3.8) is 0 Å². The first-order valence-electron chi connectivity index (χ1n) is 10.0. The fourth-order valence-corrected chi connectivity index (χ4v) is 3.57. The van der Waals surface area contributed by atoms with Crippen LogP contribution in [0.5, 0.6) is 0 Å². The Kier molecular flexibility index (Phi) is 5.51. The summed E-state index contributed by atoms with van der Waals surface area (Å²) in [6.45, 7) is 0.842. The predicted octanol–water partition coefficient (Wildman–Crippen LogP) is 3.82.